The molecular formula is C9H11N3. The summed E-state index contributed by atoms with van der Waals surface area (Å²) in [6, 6.07) is 8.86. The first-order valence-corrected chi connectivity index (χ1v) is 3.72. The number of benzene rings is 1. The van der Waals surface area contributed by atoms with Crippen LogP contribution in [0.5, 0.6) is 0 Å². The van der Waals surface area contributed by atoms with Gasteiger partial charge in [-0.1, -0.05) is 24.3 Å². The van der Waals surface area contributed by atoms with Crippen LogP contribution in [0.4, 0.5) is 0 Å². The quantitative estimate of drug-likeness (QED) is 0.669. The summed E-state index contributed by atoms with van der Waals surface area (Å²) in [5.74, 6) is 0. The standard InChI is InChI=1S/C9H11N3/c10-5-7-1-3-8(4-2-7)9(12)6-11/h1-4,9H,5,10,12H2. The molecule has 0 fully saturated rings. The van der Waals surface area contributed by atoms with E-state index < -0.39 is 6.04 Å². The highest BCUT2D eigenvalue weighted by molar-refractivity contribution is 5.27. The highest BCUT2D eigenvalue weighted by Gasteiger charge is 2.01. The lowest BCUT2D eigenvalue weighted by atomic mass is 10.1. The van der Waals surface area contributed by atoms with Crippen LogP contribution >= 0.6 is 0 Å². The van der Waals surface area contributed by atoms with Crippen LogP contribution < -0.4 is 11.5 Å². The molecule has 1 rings (SSSR count). The first kappa shape index (κ1) is 8.72. The number of nitrogens with zero attached hydrogens (tertiary/aromatic N) is 1. The maximum atomic E-state index is 8.52. The topological polar surface area (TPSA) is 75.8 Å². The van der Waals surface area contributed by atoms with Crippen LogP contribution in [0.2, 0.25) is 0 Å². The maximum absolute atomic E-state index is 8.52. The molecule has 0 aliphatic heterocycles. The van der Waals surface area contributed by atoms with Crippen LogP contribution in [0.15, 0.2) is 24.3 Å². The Morgan fingerprint density at radius 2 is 1.92 bits per heavy atom. The number of hydrogen-bond donors (Lipinski definition) is 2. The normalized spacial score (nSPS) is 12.1. The minimum Gasteiger partial charge on any atom is -0.326 e. The highest BCUT2D eigenvalue weighted by atomic mass is 14.6. The zero-order valence-corrected chi connectivity index (χ0v) is 6.70. The summed E-state index contributed by atoms with van der Waals surface area (Å²) in [6.07, 6.45) is 0. The van der Waals surface area contributed by atoms with Crippen molar-refractivity contribution in [1.82, 2.24) is 0 Å². The van der Waals surface area contributed by atoms with E-state index in [1.807, 2.05) is 30.3 Å². The third-order valence-electron chi connectivity index (χ3n) is 1.71. The van der Waals surface area contributed by atoms with Crippen LogP contribution in [0.3, 0.4) is 0 Å². The van der Waals surface area contributed by atoms with Crippen molar-refractivity contribution in [2.75, 3.05) is 0 Å². The van der Waals surface area contributed by atoms with E-state index in [2.05, 4.69) is 0 Å². The van der Waals surface area contributed by atoms with Gasteiger partial charge in [0.25, 0.3) is 0 Å². The average Bonchev–Trinajstić information content (AvgIpc) is 2.17. The van der Waals surface area contributed by atoms with E-state index in [4.69, 9.17) is 16.7 Å². The SMILES string of the molecule is N#CC(N)c1ccc(CN)cc1. The van der Waals surface area contributed by atoms with Crippen LogP contribution in [0.1, 0.15) is 17.2 Å². The molecule has 0 aromatic heterocycles. The Balaban J connectivity index is 2.86. The second-order valence-electron chi connectivity index (χ2n) is 2.55. The van der Waals surface area contributed by atoms with Crippen LogP contribution in [0.25, 0.3) is 0 Å². The summed E-state index contributed by atoms with van der Waals surface area (Å²) in [4.78, 5) is 0. The van der Waals surface area contributed by atoms with Gasteiger partial charge < -0.3 is 11.5 Å². The lowest BCUT2D eigenvalue weighted by molar-refractivity contribution is 0.922. The van der Waals surface area contributed by atoms with Gasteiger partial charge in [-0.05, 0) is 11.1 Å². The fraction of sp³-hybridized carbons (Fsp3) is 0.222. The highest BCUT2D eigenvalue weighted by Crippen LogP contribution is 2.09. The van der Waals surface area contributed by atoms with Crippen molar-refractivity contribution in [2.24, 2.45) is 11.5 Å². The minimum atomic E-state index is -0.531. The van der Waals surface area contributed by atoms with Gasteiger partial charge in [-0.2, -0.15) is 5.26 Å². The molecule has 12 heavy (non-hydrogen) atoms. The van der Waals surface area contributed by atoms with Gasteiger partial charge in [0, 0.05) is 6.54 Å². The summed E-state index contributed by atoms with van der Waals surface area (Å²) in [6.45, 7) is 0.516. The molecule has 4 N–H and O–H groups in total. The number of nitrogens with two attached hydrogens (primary N) is 2. The van der Waals surface area contributed by atoms with Crippen LogP contribution in [-0.4, -0.2) is 0 Å². The molecule has 0 aliphatic carbocycles. The largest absolute Gasteiger partial charge is 0.326 e. The zero-order valence-electron chi connectivity index (χ0n) is 6.70. The Labute approximate surface area is 71.6 Å². The lowest BCUT2D eigenvalue weighted by Crippen LogP contribution is -2.07. The Morgan fingerprint density at radius 3 is 2.33 bits per heavy atom. The van der Waals surface area contributed by atoms with Crippen LogP contribution in [0, 0.1) is 11.3 Å². The summed E-state index contributed by atoms with van der Waals surface area (Å²) < 4.78 is 0. The van der Waals surface area contributed by atoms with E-state index in [0.29, 0.717) is 6.54 Å². The Morgan fingerprint density at radius 1 is 1.33 bits per heavy atom. The van der Waals surface area contributed by atoms with Gasteiger partial charge >= 0.3 is 0 Å². The fourth-order valence-corrected chi connectivity index (χ4v) is 0.936. The van der Waals surface area contributed by atoms with Crippen molar-refractivity contribution in [3.05, 3.63) is 35.4 Å². The predicted molar refractivity (Wildman–Crippen MR) is 46.9 cm³/mol. The van der Waals surface area contributed by atoms with E-state index in [0.717, 1.165) is 11.1 Å². The maximum Gasteiger partial charge on any atom is 0.118 e. The molecule has 1 aromatic carbocycles. The predicted octanol–water partition coefficient (Wildman–Crippen LogP) is 0.669. The van der Waals surface area contributed by atoms with E-state index in [1.54, 1.807) is 0 Å². The molecule has 1 unspecified atom stereocenters. The third kappa shape index (κ3) is 1.82. The van der Waals surface area contributed by atoms with Crippen molar-refractivity contribution in [1.29, 1.82) is 5.26 Å². The zero-order chi connectivity index (χ0) is 8.97. The molecule has 0 spiro atoms. The number of rotatable bonds is 2. The first-order chi connectivity index (χ1) is 5.77. The minimum absolute atomic E-state index is 0.516. The molecule has 0 aliphatic rings. The molecule has 3 nitrogen and oxygen atoms in total. The van der Waals surface area contributed by atoms with Gasteiger partial charge in [-0.15, -0.1) is 0 Å². The fourth-order valence-electron chi connectivity index (χ4n) is 0.936. The van der Waals surface area contributed by atoms with Gasteiger partial charge in [-0.3, -0.25) is 0 Å². The lowest BCUT2D eigenvalue weighted by Gasteiger charge is -2.03. The van der Waals surface area contributed by atoms with Gasteiger partial charge in [0.15, 0.2) is 0 Å². The molecule has 0 amide bonds. The van der Waals surface area contributed by atoms with Crippen molar-refractivity contribution in [3.8, 4) is 6.07 Å². The summed E-state index contributed by atoms with van der Waals surface area (Å²) in [5, 5.41) is 8.52. The van der Waals surface area contributed by atoms with Gasteiger partial charge in [0.05, 0.1) is 6.07 Å². The molecule has 1 atom stereocenters. The molecule has 0 bridgehead atoms. The molecular weight excluding hydrogens is 150 g/mol. The van der Waals surface area contributed by atoms with Gasteiger partial charge in [0.2, 0.25) is 0 Å². The molecule has 0 heterocycles. The Bertz CT molecular complexity index is 284. The van der Waals surface area contributed by atoms with E-state index in [9.17, 15) is 0 Å². The van der Waals surface area contributed by atoms with Crippen molar-refractivity contribution in [2.45, 2.75) is 12.6 Å². The molecule has 0 saturated heterocycles. The van der Waals surface area contributed by atoms with E-state index >= 15 is 0 Å². The van der Waals surface area contributed by atoms with Gasteiger partial charge in [-0.25, -0.2) is 0 Å². The molecule has 3 heteroatoms. The third-order valence-corrected chi connectivity index (χ3v) is 1.71. The average molecular weight is 161 g/mol. The summed E-state index contributed by atoms with van der Waals surface area (Å²) in [5.41, 5.74) is 12.8. The molecule has 62 valence electrons. The number of hydrogen-bond acceptors (Lipinski definition) is 3. The van der Waals surface area contributed by atoms with Crippen molar-refractivity contribution in [3.63, 3.8) is 0 Å². The van der Waals surface area contributed by atoms with Crippen molar-refractivity contribution < 1.29 is 0 Å². The van der Waals surface area contributed by atoms with Crippen molar-refractivity contribution >= 4 is 0 Å². The number of nitriles is 1. The second kappa shape index (κ2) is 3.86. The van der Waals surface area contributed by atoms with Crippen LogP contribution in [-0.2, 0) is 6.54 Å². The monoisotopic (exact) mass is 161 g/mol. The molecule has 1 aromatic rings. The smallest absolute Gasteiger partial charge is 0.118 e. The molecule has 0 saturated carbocycles. The van der Waals surface area contributed by atoms with E-state index in [1.165, 1.54) is 0 Å². The van der Waals surface area contributed by atoms with E-state index in [-0.39, 0.29) is 0 Å². The van der Waals surface area contributed by atoms with Gasteiger partial charge in [0.1, 0.15) is 6.04 Å². The first-order valence-electron chi connectivity index (χ1n) is 3.72. The molecule has 0 radical (unpaired) electrons. The Kier molecular flexibility index (Phi) is 2.81. The summed E-state index contributed by atoms with van der Waals surface area (Å²) >= 11 is 0. The summed E-state index contributed by atoms with van der Waals surface area (Å²) in [7, 11) is 0. The second-order valence-corrected chi connectivity index (χ2v) is 2.55. The Hall–Kier alpha value is -1.37.